The molecule has 1 saturated heterocycles. The number of carbonyl (C=O) groups excluding carboxylic acids is 1. The first-order valence-corrected chi connectivity index (χ1v) is 10.0. The fourth-order valence-electron chi connectivity index (χ4n) is 3.31. The van der Waals surface area contributed by atoms with Crippen molar-refractivity contribution in [3.63, 3.8) is 0 Å². The van der Waals surface area contributed by atoms with Gasteiger partial charge < -0.3 is 4.74 Å². The quantitative estimate of drug-likeness (QED) is 0.625. The maximum absolute atomic E-state index is 13.5. The van der Waals surface area contributed by atoms with Gasteiger partial charge in [0.1, 0.15) is 5.82 Å². The molecular weight excluding hydrogens is 363 g/mol. The van der Waals surface area contributed by atoms with Crippen molar-refractivity contribution >= 4 is 32.6 Å². The third-order valence-corrected chi connectivity index (χ3v) is 5.79. The number of amides is 1. The number of benzene rings is 2. The zero-order chi connectivity index (χ0) is 18.6. The summed E-state index contributed by atoms with van der Waals surface area (Å²) < 4.78 is 20.0. The number of nitrogens with zero attached hydrogens (tertiary/aromatic N) is 2. The molecule has 1 aliphatic heterocycles. The fourth-order valence-corrected chi connectivity index (χ4v) is 4.33. The van der Waals surface area contributed by atoms with Crippen molar-refractivity contribution in [1.82, 2.24) is 4.98 Å². The molecule has 1 atom stereocenters. The van der Waals surface area contributed by atoms with Crippen molar-refractivity contribution in [3.8, 4) is 0 Å². The molecule has 0 saturated carbocycles. The molecule has 1 aromatic heterocycles. The van der Waals surface area contributed by atoms with Crippen LogP contribution in [0.15, 0.2) is 48.5 Å². The lowest BCUT2D eigenvalue weighted by molar-refractivity contribution is -0.119. The first-order valence-electron chi connectivity index (χ1n) is 9.21. The minimum atomic E-state index is -0.293. The second kappa shape index (κ2) is 8.15. The molecule has 0 N–H and O–H groups in total. The number of halogens is 1. The molecule has 4 rings (SSSR count). The van der Waals surface area contributed by atoms with Crippen LogP contribution in [0.4, 0.5) is 9.52 Å². The molecule has 3 aromatic rings. The smallest absolute Gasteiger partial charge is 0.229 e. The van der Waals surface area contributed by atoms with Gasteiger partial charge in [0.05, 0.1) is 22.9 Å². The van der Waals surface area contributed by atoms with Gasteiger partial charge in [0.2, 0.25) is 5.91 Å². The van der Waals surface area contributed by atoms with Crippen LogP contribution in [0, 0.1) is 5.82 Å². The Kier molecular flexibility index (Phi) is 5.45. The Morgan fingerprint density at radius 2 is 2.11 bits per heavy atom. The molecule has 1 fully saturated rings. The Bertz CT molecular complexity index is 922. The number of fused-ring (bicyclic) bond motifs is 1. The number of ether oxygens (including phenoxy) is 1. The Morgan fingerprint density at radius 1 is 1.26 bits per heavy atom. The van der Waals surface area contributed by atoms with E-state index in [2.05, 4.69) is 4.98 Å². The normalized spacial score (nSPS) is 16.7. The van der Waals surface area contributed by atoms with Gasteiger partial charge in [0.25, 0.3) is 0 Å². The molecule has 1 aliphatic rings. The zero-order valence-electron chi connectivity index (χ0n) is 14.9. The standard InChI is InChI=1S/C21H21FN2O2S/c22-16-9-10-18-19(13-16)27-21(23-18)24(14-17-7-4-12-26-17)20(25)11-8-15-5-2-1-3-6-15/h1-3,5-6,9-10,13,17H,4,7-8,11-12,14H2. The summed E-state index contributed by atoms with van der Waals surface area (Å²) >= 11 is 1.35. The van der Waals surface area contributed by atoms with E-state index in [1.54, 1.807) is 11.0 Å². The average molecular weight is 384 g/mol. The highest BCUT2D eigenvalue weighted by Crippen LogP contribution is 2.31. The van der Waals surface area contributed by atoms with Gasteiger partial charge in [-0.05, 0) is 43.0 Å². The molecule has 2 heterocycles. The summed E-state index contributed by atoms with van der Waals surface area (Å²) in [6.45, 7) is 1.23. The van der Waals surface area contributed by atoms with Gasteiger partial charge in [0, 0.05) is 13.0 Å². The summed E-state index contributed by atoms with van der Waals surface area (Å²) in [5.74, 6) is -0.271. The van der Waals surface area contributed by atoms with Crippen LogP contribution in [0.3, 0.4) is 0 Å². The van der Waals surface area contributed by atoms with Gasteiger partial charge in [-0.2, -0.15) is 0 Å². The number of hydrogen-bond acceptors (Lipinski definition) is 4. The van der Waals surface area contributed by atoms with Crippen LogP contribution in [-0.4, -0.2) is 30.1 Å². The third kappa shape index (κ3) is 4.34. The lowest BCUT2D eigenvalue weighted by atomic mass is 10.1. The van der Waals surface area contributed by atoms with Gasteiger partial charge >= 0.3 is 0 Å². The van der Waals surface area contributed by atoms with Gasteiger partial charge in [-0.1, -0.05) is 41.7 Å². The molecule has 0 radical (unpaired) electrons. The first-order chi connectivity index (χ1) is 13.2. The molecule has 0 spiro atoms. The van der Waals surface area contributed by atoms with Crippen molar-refractivity contribution in [2.75, 3.05) is 18.1 Å². The Labute approximate surface area is 161 Å². The number of aryl methyl sites for hydroxylation is 1. The van der Waals surface area contributed by atoms with Gasteiger partial charge in [0.15, 0.2) is 5.13 Å². The minimum absolute atomic E-state index is 0.0221. The number of anilines is 1. The van der Waals surface area contributed by atoms with E-state index < -0.39 is 0 Å². The van der Waals surface area contributed by atoms with Crippen molar-refractivity contribution in [1.29, 1.82) is 0 Å². The maximum Gasteiger partial charge on any atom is 0.229 e. The zero-order valence-corrected chi connectivity index (χ0v) is 15.8. The lowest BCUT2D eigenvalue weighted by Gasteiger charge is -2.23. The highest BCUT2D eigenvalue weighted by Gasteiger charge is 2.26. The fraction of sp³-hybridized carbons (Fsp3) is 0.333. The number of carbonyl (C=O) groups is 1. The largest absolute Gasteiger partial charge is 0.376 e. The van der Waals surface area contributed by atoms with Crippen LogP contribution in [0.5, 0.6) is 0 Å². The molecule has 4 nitrogen and oxygen atoms in total. The molecule has 0 bridgehead atoms. The van der Waals surface area contributed by atoms with E-state index in [4.69, 9.17) is 4.74 Å². The van der Waals surface area contributed by atoms with Crippen LogP contribution in [0.1, 0.15) is 24.8 Å². The van der Waals surface area contributed by atoms with Crippen LogP contribution in [-0.2, 0) is 16.0 Å². The Balaban J connectivity index is 1.55. The van der Waals surface area contributed by atoms with Crippen LogP contribution in [0.25, 0.3) is 10.2 Å². The van der Waals surface area contributed by atoms with E-state index in [-0.39, 0.29) is 17.8 Å². The van der Waals surface area contributed by atoms with E-state index in [1.165, 1.54) is 23.5 Å². The van der Waals surface area contributed by atoms with E-state index in [0.29, 0.717) is 30.0 Å². The minimum Gasteiger partial charge on any atom is -0.376 e. The molecular formula is C21H21FN2O2S. The molecule has 0 aliphatic carbocycles. The summed E-state index contributed by atoms with van der Waals surface area (Å²) in [7, 11) is 0. The molecule has 1 amide bonds. The summed E-state index contributed by atoms with van der Waals surface area (Å²) in [6.07, 6.45) is 3.08. The highest BCUT2D eigenvalue weighted by atomic mass is 32.1. The second-order valence-electron chi connectivity index (χ2n) is 6.73. The lowest BCUT2D eigenvalue weighted by Crippen LogP contribution is -2.37. The molecule has 140 valence electrons. The highest BCUT2D eigenvalue weighted by molar-refractivity contribution is 7.22. The molecule has 6 heteroatoms. The number of hydrogen-bond donors (Lipinski definition) is 0. The van der Waals surface area contributed by atoms with Crippen molar-refractivity contribution < 1.29 is 13.9 Å². The topological polar surface area (TPSA) is 42.4 Å². The Morgan fingerprint density at radius 3 is 2.89 bits per heavy atom. The summed E-state index contributed by atoms with van der Waals surface area (Å²) in [6, 6.07) is 14.5. The Hall–Kier alpha value is -2.31. The van der Waals surface area contributed by atoms with Crippen molar-refractivity contribution in [2.24, 2.45) is 0 Å². The first kappa shape index (κ1) is 18.1. The molecule has 2 aromatic carbocycles. The van der Waals surface area contributed by atoms with E-state index in [1.807, 2.05) is 30.3 Å². The van der Waals surface area contributed by atoms with E-state index in [0.717, 1.165) is 29.7 Å². The maximum atomic E-state index is 13.5. The predicted octanol–water partition coefficient (Wildman–Crippen LogP) is 4.58. The van der Waals surface area contributed by atoms with Crippen molar-refractivity contribution in [3.05, 3.63) is 59.9 Å². The molecule has 27 heavy (non-hydrogen) atoms. The van der Waals surface area contributed by atoms with Crippen LogP contribution < -0.4 is 4.90 Å². The number of rotatable bonds is 6. The van der Waals surface area contributed by atoms with Crippen LogP contribution >= 0.6 is 11.3 Å². The van der Waals surface area contributed by atoms with E-state index >= 15 is 0 Å². The average Bonchev–Trinajstić information content (AvgIpc) is 3.34. The van der Waals surface area contributed by atoms with Gasteiger partial charge in [-0.25, -0.2) is 9.37 Å². The van der Waals surface area contributed by atoms with E-state index in [9.17, 15) is 9.18 Å². The molecule has 1 unspecified atom stereocenters. The summed E-state index contributed by atoms with van der Waals surface area (Å²) in [4.78, 5) is 19.3. The summed E-state index contributed by atoms with van der Waals surface area (Å²) in [5.41, 5.74) is 1.85. The summed E-state index contributed by atoms with van der Waals surface area (Å²) in [5, 5.41) is 0.615. The number of aromatic nitrogens is 1. The SMILES string of the molecule is O=C(CCc1ccccc1)N(CC1CCCO1)c1nc2ccc(F)cc2s1. The van der Waals surface area contributed by atoms with Crippen LogP contribution in [0.2, 0.25) is 0 Å². The number of thiazole rings is 1. The third-order valence-electron chi connectivity index (χ3n) is 4.75. The monoisotopic (exact) mass is 384 g/mol. The van der Waals surface area contributed by atoms with Crippen molar-refractivity contribution in [2.45, 2.75) is 31.8 Å². The van der Waals surface area contributed by atoms with Gasteiger partial charge in [-0.15, -0.1) is 0 Å². The van der Waals surface area contributed by atoms with Gasteiger partial charge in [-0.3, -0.25) is 9.69 Å². The second-order valence-corrected chi connectivity index (χ2v) is 7.74. The predicted molar refractivity (Wildman–Crippen MR) is 106 cm³/mol.